The quantitative estimate of drug-likeness (QED) is 0.908. The van der Waals surface area contributed by atoms with Gasteiger partial charge in [-0.15, -0.1) is 0 Å². The van der Waals surface area contributed by atoms with E-state index in [1.54, 1.807) is 13.2 Å². The van der Waals surface area contributed by atoms with Crippen molar-refractivity contribution in [2.45, 2.75) is 24.9 Å². The first-order chi connectivity index (χ1) is 9.65. The van der Waals surface area contributed by atoms with E-state index in [4.69, 9.17) is 16.3 Å². The summed E-state index contributed by atoms with van der Waals surface area (Å²) in [4.78, 5) is 12.0. The molecule has 0 bridgehead atoms. The van der Waals surface area contributed by atoms with Crippen LogP contribution in [0.1, 0.15) is 18.4 Å². The lowest BCUT2D eigenvalue weighted by Crippen LogP contribution is -2.47. The molecule has 1 aromatic carbocycles. The highest BCUT2D eigenvalue weighted by Crippen LogP contribution is 2.29. The van der Waals surface area contributed by atoms with Gasteiger partial charge >= 0.3 is 0 Å². The van der Waals surface area contributed by atoms with Gasteiger partial charge in [-0.1, -0.05) is 29.8 Å². The number of halogens is 1. The summed E-state index contributed by atoms with van der Waals surface area (Å²) >= 11 is 8.01. The Bertz CT molecular complexity index is 461. The number of amides is 1. The van der Waals surface area contributed by atoms with Crippen LogP contribution >= 0.6 is 23.4 Å². The molecule has 1 saturated heterocycles. The number of hydrogen-bond acceptors (Lipinski definition) is 3. The molecule has 2 rings (SSSR count). The molecule has 1 fully saturated rings. The topological polar surface area (TPSA) is 38.3 Å². The molecule has 0 saturated carbocycles. The molecule has 0 atom stereocenters. The average Bonchev–Trinajstić information content (AvgIpc) is 2.49. The summed E-state index contributed by atoms with van der Waals surface area (Å²) in [5.41, 5.74) is 0.666. The van der Waals surface area contributed by atoms with E-state index in [-0.39, 0.29) is 11.5 Å². The van der Waals surface area contributed by atoms with E-state index >= 15 is 0 Å². The summed E-state index contributed by atoms with van der Waals surface area (Å²) in [6.07, 6.45) is 2.29. The minimum absolute atomic E-state index is 0.00671. The van der Waals surface area contributed by atoms with E-state index in [1.165, 1.54) is 0 Å². The summed E-state index contributed by atoms with van der Waals surface area (Å²) in [5, 5.41) is 3.63. The van der Waals surface area contributed by atoms with Crippen LogP contribution in [0.5, 0.6) is 0 Å². The van der Waals surface area contributed by atoms with Crippen molar-refractivity contribution in [3.05, 3.63) is 34.9 Å². The van der Waals surface area contributed by atoms with Gasteiger partial charge in [-0.05, 0) is 36.0 Å². The van der Waals surface area contributed by atoms with Crippen LogP contribution in [0.15, 0.2) is 24.3 Å². The van der Waals surface area contributed by atoms with E-state index in [0.29, 0.717) is 18.0 Å². The van der Waals surface area contributed by atoms with Crippen LogP contribution in [0, 0.1) is 0 Å². The average molecular weight is 314 g/mol. The zero-order chi connectivity index (χ0) is 14.4. The second-order valence-electron chi connectivity index (χ2n) is 5.04. The maximum absolute atomic E-state index is 12.0. The van der Waals surface area contributed by atoms with Crippen molar-refractivity contribution in [1.82, 2.24) is 5.32 Å². The molecule has 0 unspecified atom stereocenters. The van der Waals surface area contributed by atoms with E-state index < -0.39 is 0 Å². The molecule has 20 heavy (non-hydrogen) atoms. The molecule has 1 aliphatic heterocycles. The Kier molecular flexibility index (Phi) is 5.75. The van der Waals surface area contributed by atoms with Crippen molar-refractivity contribution in [1.29, 1.82) is 0 Å². The number of carbonyl (C=O) groups excluding carboxylic acids is 1. The zero-order valence-electron chi connectivity index (χ0n) is 11.7. The number of nitrogens with one attached hydrogen (secondary N) is 1. The Labute approximate surface area is 129 Å². The molecule has 1 N–H and O–H groups in total. The molecule has 1 aliphatic rings. The van der Waals surface area contributed by atoms with Gasteiger partial charge in [-0.2, -0.15) is 11.8 Å². The molecule has 0 spiro atoms. The van der Waals surface area contributed by atoms with Gasteiger partial charge in [0.15, 0.2) is 0 Å². The van der Waals surface area contributed by atoms with Crippen LogP contribution in [0.4, 0.5) is 0 Å². The van der Waals surface area contributed by atoms with Gasteiger partial charge in [0.05, 0.1) is 12.0 Å². The fraction of sp³-hybridized carbons (Fsp3) is 0.533. The Morgan fingerprint density at radius 2 is 2.10 bits per heavy atom. The second kappa shape index (κ2) is 7.34. The smallest absolute Gasteiger partial charge is 0.224 e. The number of benzene rings is 1. The summed E-state index contributed by atoms with van der Waals surface area (Å²) in [6.45, 7) is 0.577. The molecule has 0 radical (unpaired) electrons. The second-order valence-corrected chi connectivity index (χ2v) is 6.68. The van der Waals surface area contributed by atoms with Gasteiger partial charge in [0, 0.05) is 18.7 Å². The summed E-state index contributed by atoms with van der Waals surface area (Å²) in [5.74, 6) is 2.18. The molecule has 0 aromatic heterocycles. The van der Waals surface area contributed by atoms with Gasteiger partial charge in [0.1, 0.15) is 0 Å². The molecular weight excluding hydrogens is 294 g/mol. The normalized spacial score (nSPS) is 17.7. The van der Waals surface area contributed by atoms with Crippen LogP contribution in [-0.4, -0.2) is 36.7 Å². The van der Waals surface area contributed by atoms with Gasteiger partial charge in [0.2, 0.25) is 5.91 Å². The van der Waals surface area contributed by atoms with E-state index in [9.17, 15) is 4.79 Å². The number of methoxy groups -OCH3 is 1. The van der Waals surface area contributed by atoms with Gasteiger partial charge in [-0.3, -0.25) is 4.79 Å². The highest BCUT2D eigenvalue weighted by atomic mass is 35.5. The molecule has 1 heterocycles. The van der Waals surface area contributed by atoms with Crippen molar-refractivity contribution in [3.8, 4) is 0 Å². The third kappa shape index (κ3) is 4.14. The first-order valence-electron chi connectivity index (χ1n) is 6.78. The lowest BCUT2D eigenvalue weighted by molar-refractivity contribution is -0.122. The van der Waals surface area contributed by atoms with Crippen LogP contribution in [0.25, 0.3) is 0 Å². The van der Waals surface area contributed by atoms with Gasteiger partial charge in [0.25, 0.3) is 0 Å². The first kappa shape index (κ1) is 15.7. The minimum Gasteiger partial charge on any atom is -0.376 e. The number of hydrogen-bond donors (Lipinski definition) is 1. The highest BCUT2D eigenvalue weighted by Gasteiger charge is 2.32. The number of thioether (sulfide) groups is 1. The largest absolute Gasteiger partial charge is 0.376 e. The standard InChI is InChI=1S/C15H20ClNO2S/c1-19-15(6-8-20-9-7-15)11-17-14(18)10-12-4-2-3-5-13(12)16/h2-5H,6-11H2,1H3,(H,17,18). The molecule has 1 aromatic rings. The molecule has 0 aliphatic carbocycles. The summed E-state index contributed by atoms with van der Waals surface area (Å²) < 4.78 is 5.65. The molecule has 5 heteroatoms. The van der Waals surface area contributed by atoms with E-state index in [2.05, 4.69) is 5.32 Å². The molecule has 110 valence electrons. The minimum atomic E-state index is -0.193. The third-order valence-electron chi connectivity index (χ3n) is 3.75. The van der Waals surface area contributed by atoms with Crippen molar-refractivity contribution >= 4 is 29.3 Å². The fourth-order valence-corrected chi connectivity index (χ4v) is 3.77. The zero-order valence-corrected chi connectivity index (χ0v) is 13.2. The Balaban J connectivity index is 1.87. The highest BCUT2D eigenvalue weighted by molar-refractivity contribution is 7.99. The lowest BCUT2D eigenvalue weighted by atomic mass is 9.96. The molecular formula is C15H20ClNO2S. The number of rotatable bonds is 5. The Morgan fingerprint density at radius 3 is 2.75 bits per heavy atom. The van der Waals surface area contributed by atoms with Crippen molar-refractivity contribution in [2.24, 2.45) is 0 Å². The maximum Gasteiger partial charge on any atom is 0.224 e. The SMILES string of the molecule is COC1(CNC(=O)Cc2ccccc2Cl)CCSCC1. The van der Waals surface area contributed by atoms with Gasteiger partial charge < -0.3 is 10.1 Å². The predicted octanol–water partition coefficient (Wildman–Crippen LogP) is 2.91. The maximum atomic E-state index is 12.0. The predicted molar refractivity (Wildman–Crippen MR) is 84.5 cm³/mol. The lowest BCUT2D eigenvalue weighted by Gasteiger charge is -2.35. The Morgan fingerprint density at radius 1 is 1.40 bits per heavy atom. The van der Waals surface area contributed by atoms with Crippen LogP contribution in [0.3, 0.4) is 0 Å². The van der Waals surface area contributed by atoms with E-state index in [0.717, 1.165) is 29.9 Å². The number of carbonyl (C=O) groups is 1. The molecule has 1 amide bonds. The van der Waals surface area contributed by atoms with Crippen LogP contribution < -0.4 is 5.32 Å². The van der Waals surface area contributed by atoms with Crippen molar-refractivity contribution in [2.75, 3.05) is 25.2 Å². The summed E-state index contributed by atoms with van der Waals surface area (Å²) in [7, 11) is 1.73. The van der Waals surface area contributed by atoms with Crippen molar-refractivity contribution < 1.29 is 9.53 Å². The van der Waals surface area contributed by atoms with Crippen molar-refractivity contribution in [3.63, 3.8) is 0 Å². The summed E-state index contributed by atoms with van der Waals surface area (Å²) in [6, 6.07) is 7.44. The Hall–Kier alpha value is -0.710. The monoisotopic (exact) mass is 313 g/mol. The third-order valence-corrected chi connectivity index (χ3v) is 5.11. The fourth-order valence-electron chi connectivity index (χ4n) is 2.33. The molecule has 3 nitrogen and oxygen atoms in total. The first-order valence-corrected chi connectivity index (χ1v) is 8.31. The van der Waals surface area contributed by atoms with Crippen LogP contribution in [-0.2, 0) is 16.0 Å². The van der Waals surface area contributed by atoms with Gasteiger partial charge in [-0.25, -0.2) is 0 Å². The van der Waals surface area contributed by atoms with E-state index in [1.807, 2.05) is 30.0 Å². The number of ether oxygens (including phenoxy) is 1. The van der Waals surface area contributed by atoms with Crippen LogP contribution in [0.2, 0.25) is 5.02 Å².